The van der Waals surface area contributed by atoms with Crippen LogP contribution in [0.4, 0.5) is 0 Å². The molecule has 26 heavy (non-hydrogen) atoms. The Labute approximate surface area is 155 Å². The first kappa shape index (κ1) is 17.6. The maximum atomic E-state index is 6.15. The van der Waals surface area contributed by atoms with Gasteiger partial charge in [-0.2, -0.15) is 5.10 Å². The van der Waals surface area contributed by atoms with E-state index in [1.165, 1.54) is 24.1 Å². The Kier molecular flexibility index (Phi) is 5.62. The summed E-state index contributed by atoms with van der Waals surface area (Å²) in [5.74, 6) is 0.559. The van der Waals surface area contributed by atoms with Crippen LogP contribution >= 0.6 is 0 Å². The number of aryl methyl sites for hydroxylation is 1. The molecule has 2 aliphatic rings. The molecule has 0 saturated carbocycles. The molecule has 0 N–H and O–H groups in total. The lowest BCUT2D eigenvalue weighted by Crippen LogP contribution is -2.48. The summed E-state index contributed by atoms with van der Waals surface area (Å²) in [5.41, 5.74) is 2.52. The molecule has 0 spiro atoms. The number of nitrogens with zero attached hydrogens (tertiary/aromatic N) is 5. The van der Waals surface area contributed by atoms with Gasteiger partial charge in [-0.05, 0) is 30.5 Å². The monoisotopic (exact) mass is 355 g/mol. The van der Waals surface area contributed by atoms with Gasteiger partial charge in [0.05, 0.1) is 5.69 Å². The first-order valence-electron chi connectivity index (χ1n) is 9.73. The summed E-state index contributed by atoms with van der Waals surface area (Å²) in [7, 11) is 2.02. The molecular formula is C20H29N5O. The molecule has 2 fully saturated rings. The maximum absolute atomic E-state index is 6.15. The van der Waals surface area contributed by atoms with Crippen molar-refractivity contribution in [2.24, 2.45) is 13.0 Å². The highest BCUT2D eigenvalue weighted by molar-refractivity contribution is 5.09. The van der Waals surface area contributed by atoms with Gasteiger partial charge in [-0.3, -0.25) is 14.6 Å². The molecule has 0 radical (unpaired) electrons. The van der Waals surface area contributed by atoms with Gasteiger partial charge < -0.3 is 9.64 Å². The summed E-state index contributed by atoms with van der Waals surface area (Å²) < 4.78 is 8.12. The Morgan fingerprint density at radius 1 is 1.12 bits per heavy atom. The first-order valence-corrected chi connectivity index (χ1v) is 9.73. The van der Waals surface area contributed by atoms with E-state index >= 15 is 0 Å². The van der Waals surface area contributed by atoms with Crippen LogP contribution in [-0.2, 0) is 18.3 Å². The third kappa shape index (κ3) is 4.14. The molecule has 2 aromatic heterocycles. The van der Waals surface area contributed by atoms with Gasteiger partial charge in [0.2, 0.25) is 0 Å². The molecule has 2 saturated heterocycles. The van der Waals surface area contributed by atoms with Crippen LogP contribution in [0.2, 0.25) is 0 Å². The molecule has 0 aliphatic carbocycles. The minimum Gasteiger partial charge on any atom is -0.372 e. The molecule has 6 heteroatoms. The number of aromatic nitrogens is 3. The van der Waals surface area contributed by atoms with Crippen molar-refractivity contribution in [3.8, 4) is 0 Å². The van der Waals surface area contributed by atoms with Gasteiger partial charge in [0.25, 0.3) is 0 Å². The molecule has 140 valence electrons. The average molecular weight is 355 g/mol. The van der Waals surface area contributed by atoms with E-state index in [1.807, 2.05) is 36.4 Å². The van der Waals surface area contributed by atoms with Crippen LogP contribution < -0.4 is 0 Å². The maximum Gasteiger partial charge on any atom is 0.103 e. The van der Waals surface area contributed by atoms with E-state index in [9.17, 15) is 0 Å². The molecule has 0 amide bonds. The molecule has 2 aliphatic heterocycles. The molecule has 0 unspecified atom stereocenters. The van der Waals surface area contributed by atoms with Gasteiger partial charge in [0.15, 0.2) is 0 Å². The predicted octanol–water partition coefficient (Wildman–Crippen LogP) is 2.10. The number of pyridine rings is 1. The van der Waals surface area contributed by atoms with E-state index in [1.54, 1.807) is 0 Å². The zero-order chi connectivity index (χ0) is 17.8. The van der Waals surface area contributed by atoms with E-state index in [0.717, 1.165) is 45.9 Å². The molecular weight excluding hydrogens is 326 g/mol. The molecule has 0 aromatic carbocycles. The summed E-state index contributed by atoms with van der Waals surface area (Å²) >= 11 is 0. The molecule has 0 bridgehead atoms. The normalized spacial score (nSPS) is 25.4. The fourth-order valence-corrected chi connectivity index (χ4v) is 4.23. The molecule has 2 atom stereocenters. The van der Waals surface area contributed by atoms with Crippen LogP contribution in [0.3, 0.4) is 0 Å². The zero-order valence-corrected chi connectivity index (χ0v) is 15.6. The summed E-state index contributed by atoms with van der Waals surface area (Å²) in [6.45, 7) is 7.51. The van der Waals surface area contributed by atoms with Crippen molar-refractivity contribution in [1.82, 2.24) is 24.6 Å². The van der Waals surface area contributed by atoms with Crippen LogP contribution in [0, 0.1) is 5.92 Å². The van der Waals surface area contributed by atoms with Crippen LogP contribution in [0.5, 0.6) is 0 Å². The van der Waals surface area contributed by atoms with Gasteiger partial charge in [-0.15, -0.1) is 0 Å². The number of hydrogen-bond donors (Lipinski definition) is 0. The second kappa shape index (κ2) is 8.29. The Balaban J connectivity index is 1.31. The van der Waals surface area contributed by atoms with E-state index in [0.29, 0.717) is 5.92 Å². The van der Waals surface area contributed by atoms with Gasteiger partial charge in [-0.1, -0.05) is 6.07 Å². The Morgan fingerprint density at radius 3 is 2.69 bits per heavy atom. The van der Waals surface area contributed by atoms with Crippen molar-refractivity contribution in [2.45, 2.75) is 25.5 Å². The van der Waals surface area contributed by atoms with Crippen LogP contribution in [-0.4, -0.2) is 63.9 Å². The zero-order valence-electron chi connectivity index (χ0n) is 15.6. The first-order chi connectivity index (χ1) is 12.8. The highest BCUT2D eigenvalue weighted by atomic mass is 16.5. The highest BCUT2D eigenvalue weighted by Crippen LogP contribution is 2.34. The van der Waals surface area contributed by atoms with E-state index in [-0.39, 0.29) is 6.10 Å². The smallest absolute Gasteiger partial charge is 0.103 e. The summed E-state index contributed by atoms with van der Waals surface area (Å²) in [4.78, 5) is 9.37. The summed E-state index contributed by atoms with van der Waals surface area (Å²) in [6.07, 6.45) is 8.29. The molecule has 6 nitrogen and oxygen atoms in total. The topological polar surface area (TPSA) is 46.4 Å². The molecule has 4 rings (SSSR count). The van der Waals surface area contributed by atoms with Crippen molar-refractivity contribution in [3.05, 3.63) is 48.0 Å². The second-order valence-electron chi connectivity index (χ2n) is 7.51. The Bertz CT molecular complexity index is 681. The number of piperazine rings is 1. The third-order valence-corrected chi connectivity index (χ3v) is 5.68. The van der Waals surface area contributed by atoms with Gasteiger partial charge >= 0.3 is 0 Å². The van der Waals surface area contributed by atoms with Crippen molar-refractivity contribution < 1.29 is 4.74 Å². The summed E-state index contributed by atoms with van der Waals surface area (Å²) in [6, 6.07) is 6.29. The van der Waals surface area contributed by atoms with Gasteiger partial charge in [-0.25, -0.2) is 0 Å². The highest BCUT2D eigenvalue weighted by Gasteiger charge is 2.31. The van der Waals surface area contributed by atoms with Crippen LogP contribution in [0.25, 0.3) is 0 Å². The number of hydrogen-bond acceptors (Lipinski definition) is 5. The van der Waals surface area contributed by atoms with Crippen LogP contribution in [0.15, 0.2) is 36.8 Å². The average Bonchev–Trinajstić information content (AvgIpc) is 3.10. The van der Waals surface area contributed by atoms with E-state index < -0.39 is 0 Å². The standard InChI is InChI=1S/C20H29N5O/c1-23-19(6-8-22-23)20-18(5-3-13-26-20)16-25-11-9-24(10-12-25)15-17-4-2-7-21-14-17/h2,4,6-8,14,18,20H,3,5,9-13,15-16H2,1H3/t18-,20+/m0/s1. The van der Waals surface area contributed by atoms with E-state index in [4.69, 9.17) is 4.74 Å². The van der Waals surface area contributed by atoms with Crippen molar-refractivity contribution in [1.29, 1.82) is 0 Å². The third-order valence-electron chi connectivity index (χ3n) is 5.68. The SMILES string of the molecule is Cn1nccc1[C@@H]1OCCC[C@H]1CN1CCN(Cc2cccnc2)CC1. The predicted molar refractivity (Wildman–Crippen MR) is 101 cm³/mol. The van der Waals surface area contributed by atoms with Gasteiger partial charge in [0.1, 0.15) is 6.10 Å². The lowest BCUT2D eigenvalue weighted by Gasteiger charge is -2.39. The quantitative estimate of drug-likeness (QED) is 0.822. The van der Waals surface area contributed by atoms with Crippen molar-refractivity contribution in [3.63, 3.8) is 0 Å². The van der Waals surface area contributed by atoms with Crippen molar-refractivity contribution in [2.75, 3.05) is 39.3 Å². The largest absolute Gasteiger partial charge is 0.372 e. The minimum atomic E-state index is 0.185. The Hall–Kier alpha value is -1.76. The lowest BCUT2D eigenvalue weighted by molar-refractivity contribution is -0.0469. The lowest BCUT2D eigenvalue weighted by atomic mass is 9.91. The van der Waals surface area contributed by atoms with Gasteiger partial charge in [0, 0.05) is 77.4 Å². The summed E-state index contributed by atoms with van der Waals surface area (Å²) in [5, 5.41) is 4.33. The molecule has 4 heterocycles. The van der Waals surface area contributed by atoms with Crippen LogP contribution in [0.1, 0.15) is 30.2 Å². The molecule has 2 aromatic rings. The number of ether oxygens (including phenoxy) is 1. The fourth-order valence-electron chi connectivity index (χ4n) is 4.23. The minimum absolute atomic E-state index is 0.185. The van der Waals surface area contributed by atoms with Crippen molar-refractivity contribution >= 4 is 0 Å². The second-order valence-corrected chi connectivity index (χ2v) is 7.51. The number of rotatable bonds is 5. The Morgan fingerprint density at radius 2 is 1.96 bits per heavy atom. The van der Waals surface area contributed by atoms with E-state index in [2.05, 4.69) is 32.0 Å². The fraction of sp³-hybridized carbons (Fsp3) is 0.600.